The molecule has 0 saturated heterocycles. The fraction of sp³-hybridized carbons (Fsp3) is 0.381. The Labute approximate surface area is 312 Å². The number of halogens is 1. The molecule has 8 nitrogen and oxygen atoms in total. The van der Waals surface area contributed by atoms with Gasteiger partial charge in [0.2, 0.25) is 10.0 Å². The third-order valence-corrected chi connectivity index (χ3v) is 13.3. The molecule has 4 aromatic rings. The van der Waals surface area contributed by atoms with Crippen LogP contribution in [0.5, 0.6) is 17.2 Å². The number of benzene rings is 4. The summed E-state index contributed by atoms with van der Waals surface area (Å²) in [6.07, 6.45) is 5.87. The van der Waals surface area contributed by atoms with E-state index in [1.165, 1.54) is 15.4 Å². The van der Waals surface area contributed by atoms with Crippen molar-refractivity contribution < 1.29 is 27.7 Å². The van der Waals surface area contributed by atoms with Crippen LogP contribution in [0.25, 0.3) is 0 Å². The first-order valence-corrected chi connectivity index (χ1v) is 19.8. The molecular formula is C42H47ClN2O6S. The Morgan fingerprint density at radius 1 is 0.981 bits per heavy atom. The van der Waals surface area contributed by atoms with Crippen molar-refractivity contribution in [2.45, 2.75) is 61.6 Å². The Balaban J connectivity index is 1.27. The lowest BCUT2D eigenvalue weighted by Gasteiger charge is -2.45. The molecule has 1 fully saturated rings. The van der Waals surface area contributed by atoms with Gasteiger partial charge in [0.25, 0.3) is 0 Å². The van der Waals surface area contributed by atoms with Gasteiger partial charge in [-0.05, 0) is 121 Å². The molecule has 10 heteroatoms. The Kier molecular flexibility index (Phi) is 10.6. The van der Waals surface area contributed by atoms with E-state index in [0.29, 0.717) is 36.9 Å². The van der Waals surface area contributed by atoms with E-state index in [4.69, 9.17) is 25.8 Å². The third kappa shape index (κ3) is 7.29. The molecule has 52 heavy (non-hydrogen) atoms. The molecule has 1 heterocycles. The Morgan fingerprint density at radius 2 is 1.65 bits per heavy atom. The summed E-state index contributed by atoms with van der Waals surface area (Å²) in [5.74, 6) is 2.40. The van der Waals surface area contributed by atoms with Crippen LogP contribution in [0.2, 0.25) is 5.02 Å². The maximum Gasteiger partial charge on any atom is 0.243 e. The molecule has 3 aliphatic rings. The van der Waals surface area contributed by atoms with E-state index >= 15 is 0 Å². The van der Waals surface area contributed by atoms with Crippen molar-refractivity contribution in [1.82, 2.24) is 4.31 Å². The molecule has 274 valence electrons. The first kappa shape index (κ1) is 36.3. The van der Waals surface area contributed by atoms with Crippen LogP contribution in [0.15, 0.2) is 102 Å². The average Bonchev–Trinajstić information content (AvgIpc) is 3.30. The van der Waals surface area contributed by atoms with Crippen molar-refractivity contribution in [3.8, 4) is 17.2 Å². The molecule has 7 rings (SSSR count). The Morgan fingerprint density at radius 3 is 2.25 bits per heavy atom. The number of sulfonamides is 1. The standard InChI is InChI=1S/C42H47ClN2O6S/c1-4-40(46)37-18-11-32(37)26-44-27-42(21-5-6-31-22-33(43)12-19-38(31)42)28-51-41-20-17-36(23-39(41)44)52(47,48)45(24-29-7-13-34(49-2)14-8-29)25-30-9-15-35(50-3)16-10-30/h4,7-10,12-17,19-20,22-23,32,37,40,46H,1,5-6,11,18,21,24-28H2,2-3H3/t32-,37+,40?,42-/m0/s1. The van der Waals surface area contributed by atoms with Crippen LogP contribution in [0, 0.1) is 11.8 Å². The van der Waals surface area contributed by atoms with E-state index in [-0.39, 0.29) is 35.2 Å². The second-order valence-corrected chi connectivity index (χ2v) is 16.8. The van der Waals surface area contributed by atoms with Crippen molar-refractivity contribution in [3.05, 3.63) is 125 Å². The number of fused-ring (bicyclic) bond motifs is 3. The molecule has 0 amide bonds. The SMILES string of the molecule is C=CC(O)[C@@H]1CC[C@H]1CN1C[C@@]2(CCCc3cc(Cl)ccc32)COc2ccc(S(=O)(=O)N(Cc3ccc(OC)cc3)Cc3ccc(OC)cc3)cc21. The largest absolute Gasteiger partial charge is 0.497 e. The average molecular weight is 743 g/mol. The fourth-order valence-corrected chi connectivity index (χ4v) is 9.86. The van der Waals surface area contributed by atoms with Crippen LogP contribution in [0.1, 0.15) is 47.9 Å². The minimum Gasteiger partial charge on any atom is -0.497 e. The van der Waals surface area contributed by atoms with Crippen LogP contribution < -0.4 is 19.1 Å². The van der Waals surface area contributed by atoms with Gasteiger partial charge >= 0.3 is 0 Å². The first-order valence-electron chi connectivity index (χ1n) is 18.0. The third-order valence-electron chi connectivity index (χ3n) is 11.3. The van der Waals surface area contributed by atoms with Crippen molar-refractivity contribution in [3.63, 3.8) is 0 Å². The highest BCUT2D eigenvalue weighted by Gasteiger charge is 2.44. The maximum atomic E-state index is 14.8. The number of aliphatic hydroxyl groups excluding tert-OH is 1. The lowest BCUT2D eigenvalue weighted by atomic mass is 9.68. The van der Waals surface area contributed by atoms with Gasteiger partial charge < -0.3 is 24.2 Å². The van der Waals surface area contributed by atoms with Crippen molar-refractivity contribution in [2.24, 2.45) is 11.8 Å². The van der Waals surface area contributed by atoms with Crippen molar-refractivity contribution in [1.29, 1.82) is 0 Å². The van der Waals surface area contributed by atoms with Crippen LogP contribution in [-0.4, -0.2) is 57.8 Å². The summed E-state index contributed by atoms with van der Waals surface area (Å²) in [4.78, 5) is 2.53. The number of rotatable bonds is 12. The van der Waals surface area contributed by atoms with E-state index < -0.39 is 16.1 Å². The lowest BCUT2D eigenvalue weighted by Crippen LogP contribution is -2.49. The topological polar surface area (TPSA) is 88.5 Å². The molecule has 4 atom stereocenters. The number of ether oxygens (including phenoxy) is 3. The predicted molar refractivity (Wildman–Crippen MR) is 205 cm³/mol. The van der Waals surface area contributed by atoms with Gasteiger partial charge in [0.1, 0.15) is 17.2 Å². The van der Waals surface area contributed by atoms with Crippen LogP contribution >= 0.6 is 11.6 Å². The summed E-state index contributed by atoms with van der Waals surface area (Å²) in [6.45, 7) is 5.99. The molecule has 0 radical (unpaired) electrons. The number of aliphatic hydroxyl groups is 1. The number of aryl methyl sites for hydroxylation is 1. The van der Waals surface area contributed by atoms with Gasteiger partial charge in [0, 0.05) is 36.6 Å². The predicted octanol–water partition coefficient (Wildman–Crippen LogP) is 7.79. The van der Waals surface area contributed by atoms with Gasteiger partial charge in [-0.2, -0.15) is 4.31 Å². The van der Waals surface area contributed by atoms with E-state index in [0.717, 1.165) is 53.9 Å². The zero-order valence-corrected chi connectivity index (χ0v) is 31.4. The van der Waals surface area contributed by atoms with E-state index in [9.17, 15) is 13.5 Å². The van der Waals surface area contributed by atoms with Gasteiger partial charge in [-0.1, -0.05) is 48.0 Å². The second kappa shape index (κ2) is 15.1. The van der Waals surface area contributed by atoms with Crippen molar-refractivity contribution >= 4 is 27.3 Å². The van der Waals surface area contributed by atoms with Crippen LogP contribution in [0.3, 0.4) is 0 Å². The molecule has 1 saturated carbocycles. The second-order valence-electron chi connectivity index (χ2n) is 14.4. The van der Waals surface area contributed by atoms with Crippen molar-refractivity contribution in [2.75, 3.05) is 38.8 Å². The normalized spacial score (nSPS) is 21.7. The molecule has 4 aromatic carbocycles. The van der Waals surface area contributed by atoms with Crippen LogP contribution in [0.4, 0.5) is 5.69 Å². The number of methoxy groups -OCH3 is 2. The van der Waals surface area contributed by atoms with Gasteiger partial charge in [-0.3, -0.25) is 0 Å². The summed E-state index contributed by atoms with van der Waals surface area (Å²) in [5, 5.41) is 11.5. The lowest BCUT2D eigenvalue weighted by molar-refractivity contribution is 0.0460. The Hall–Kier alpha value is -4.02. The number of anilines is 1. The summed E-state index contributed by atoms with van der Waals surface area (Å²) >= 11 is 6.46. The smallest absolute Gasteiger partial charge is 0.243 e. The number of nitrogens with zero attached hydrogens (tertiary/aromatic N) is 2. The summed E-state index contributed by atoms with van der Waals surface area (Å²) in [6, 6.07) is 26.4. The molecule has 1 aliphatic heterocycles. The monoisotopic (exact) mass is 742 g/mol. The molecule has 1 spiro atoms. The molecule has 1 unspecified atom stereocenters. The molecular weight excluding hydrogens is 696 g/mol. The number of hydrogen-bond donors (Lipinski definition) is 1. The Bertz CT molecular complexity index is 1950. The van der Waals surface area contributed by atoms with E-state index in [2.05, 4.69) is 23.6 Å². The summed E-state index contributed by atoms with van der Waals surface area (Å²) in [5.41, 5.74) is 4.62. The molecule has 2 aliphatic carbocycles. The molecule has 1 N–H and O–H groups in total. The zero-order valence-electron chi connectivity index (χ0n) is 29.8. The quantitative estimate of drug-likeness (QED) is 0.148. The number of hydrogen-bond acceptors (Lipinski definition) is 7. The van der Waals surface area contributed by atoms with Gasteiger partial charge in [0.05, 0.1) is 37.5 Å². The maximum absolute atomic E-state index is 14.8. The molecule has 0 bridgehead atoms. The fourth-order valence-electron chi connectivity index (χ4n) is 8.23. The highest BCUT2D eigenvalue weighted by atomic mass is 35.5. The minimum absolute atomic E-state index is 0.106. The zero-order chi connectivity index (χ0) is 36.5. The van der Waals surface area contributed by atoms with E-state index in [1.54, 1.807) is 32.4 Å². The molecule has 0 aromatic heterocycles. The van der Waals surface area contributed by atoms with Gasteiger partial charge in [-0.25, -0.2) is 8.42 Å². The summed E-state index contributed by atoms with van der Waals surface area (Å²) in [7, 11) is -0.794. The summed E-state index contributed by atoms with van der Waals surface area (Å²) < 4.78 is 48.5. The van der Waals surface area contributed by atoms with Crippen LogP contribution in [-0.2, 0) is 34.9 Å². The van der Waals surface area contributed by atoms with Gasteiger partial charge in [0.15, 0.2) is 0 Å². The van der Waals surface area contributed by atoms with E-state index in [1.807, 2.05) is 60.7 Å². The first-order chi connectivity index (χ1) is 25.1. The highest BCUT2D eigenvalue weighted by Crippen LogP contribution is 2.47. The highest BCUT2D eigenvalue weighted by molar-refractivity contribution is 7.89. The van der Waals surface area contributed by atoms with Gasteiger partial charge in [-0.15, -0.1) is 6.58 Å². The minimum atomic E-state index is -4.01.